The van der Waals surface area contributed by atoms with Gasteiger partial charge in [-0.25, -0.2) is 8.42 Å². The summed E-state index contributed by atoms with van der Waals surface area (Å²) in [6.45, 7) is 5.30. The van der Waals surface area contributed by atoms with Crippen LogP contribution in [0.25, 0.3) is 11.4 Å². The fourth-order valence-electron chi connectivity index (χ4n) is 2.11. The lowest BCUT2D eigenvalue weighted by Crippen LogP contribution is -2.13. The van der Waals surface area contributed by atoms with Crippen molar-refractivity contribution in [3.63, 3.8) is 0 Å². The SMILES string of the molecule is CC(C)Cn1c(CN)nnc1-c1ccc(S(C)(=O)=O)cc1. The first kappa shape index (κ1) is 15.7. The van der Waals surface area contributed by atoms with Crippen molar-refractivity contribution < 1.29 is 8.42 Å². The predicted octanol–water partition coefficient (Wildman–Crippen LogP) is 1.46. The Hall–Kier alpha value is -1.73. The van der Waals surface area contributed by atoms with E-state index in [4.69, 9.17) is 5.73 Å². The molecule has 2 rings (SSSR count). The summed E-state index contributed by atoms with van der Waals surface area (Å²) in [7, 11) is -3.19. The number of aromatic nitrogens is 3. The van der Waals surface area contributed by atoms with Gasteiger partial charge in [-0.05, 0) is 30.2 Å². The van der Waals surface area contributed by atoms with Crippen LogP contribution in [0, 0.1) is 5.92 Å². The summed E-state index contributed by atoms with van der Waals surface area (Å²) in [5.74, 6) is 1.87. The lowest BCUT2D eigenvalue weighted by Gasteiger charge is -2.12. The smallest absolute Gasteiger partial charge is 0.175 e. The van der Waals surface area contributed by atoms with Gasteiger partial charge in [0.2, 0.25) is 0 Å². The van der Waals surface area contributed by atoms with Gasteiger partial charge in [-0.3, -0.25) is 0 Å². The third kappa shape index (κ3) is 3.48. The maximum Gasteiger partial charge on any atom is 0.175 e. The molecule has 0 spiro atoms. The highest BCUT2D eigenvalue weighted by atomic mass is 32.2. The van der Waals surface area contributed by atoms with Crippen LogP contribution in [0.5, 0.6) is 0 Å². The Balaban J connectivity index is 2.44. The lowest BCUT2D eigenvalue weighted by molar-refractivity contribution is 0.510. The second kappa shape index (κ2) is 5.95. The summed E-state index contributed by atoms with van der Waals surface area (Å²) in [4.78, 5) is 0.292. The molecule has 7 heteroatoms. The molecule has 0 aliphatic heterocycles. The van der Waals surface area contributed by atoms with E-state index in [0.717, 1.165) is 17.9 Å². The minimum absolute atomic E-state index is 0.292. The molecule has 114 valence electrons. The van der Waals surface area contributed by atoms with Gasteiger partial charge >= 0.3 is 0 Å². The third-order valence-corrected chi connectivity index (χ3v) is 4.23. The topological polar surface area (TPSA) is 90.9 Å². The van der Waals surface area contributed by atoms with Crippen molar-refractivity contribution in [2.24, 2.45) is 11.7 Å². The van der Waals surface area contributed by atoms with Crippen LogP contribution in [0.3, 0.4) is 0 Å². The largest absolute Gasteiger partial charge is 0.324 e. The van der Waals surface area contributed by atoms with Crippen molar-refractivity contribution in [1.29, 1.82) is 0 Å². The lowest BCUT2D eigenvalue weighted by atomic mass is 10.2. The molecule has 0 saturated carbocycles. The fourth-order valence-corrected chi connectivity index (χ4v) is 2.74. The van der Waals surface area contributed by atoms with Gasteiger partial charge in [-0.2, -0.15) is 0 Å². The van der Waals surface area contributed by atoms with Crippen molar-refractivity contribution in [2.75, 3.05) is 6.26 Å². The summed E-state index contributed by atoms with van der Waals surface area (Å²) >= 11 is 0. The standard InChI is InChI=1S/C14H20N4O2S/c1-10(2)9-18-13(8-15)16-17-14(18)11-4-6-12(7-5-11)21(3,19)20/h4-7,10H,8-9,15H2,1-3H3. The Kier molecular flexibility index (Phi) is 4.43. The summed E-state index contributed by atoms with van der Waals surface area (Å²) in [6, 6.07) is 6.66. The van der Waals surface area contributed by atoms with Gasteiger partial charge in [0.15, 0.2) is 15.7 Å². The third-order valence-electron chi connectivity index (χ3n) is 3.10. The summed E-state index contributed by atoms with van der Waals surface area (Å²) in [6.07, 6.45) is 1.19. The van der Waals surface area contributed by atoms with E-state index in [1.54, 1.807) is 24.3 Å². The molecule has 0 aliphatic rings. The molecule has 0 unspecified atom stereocenters. The highest BCUT2D eigenvalue weighted by Crippen LogP contribution is 2.21. The van der Waals surface area contributed by atoms with E-state index in [0.29, 0.717) is 23.2 Å². The van der Waals surface area contributed by atoms with Crippen molar-refractivity contribution >= 4 is 9.84 Å². The van der Waals surface area contributed by atoms with Crippen molar-refractivity contribution in [2.45, 2.75) is 31.8 Å². The first-order chi connectivity index (χ1) is 9.82. The van der Waals surface area contributed by atoms with Crippen molar-refractivity contribution in [3.05, 3.63) is 30.1 Å². The molecule has 1 aromatic carbocycles. The summed E-state index contributed by atoms with van der Waals surface area (Å²) in [5, 5.41) is 8.29. The molecular formula is C14H20N4O2S. The van der Waals surface area contributed by atoms with Gasteiger partial charge in [-0.15, -0.1) is 10.2 Å². The van der Waals surface area contributed by atoms with Crippen molar-refractivity contribution in [3.8, 4) is 11.4 Å². The number of hydrogen-bond acceptors (Lipinski definition) is 5. The van der Waals surface area contributed by atoms with E-state index in [1.165, 1.54) is 6.26 Å². The van der Waals surface area contributed by atoms with Crippen LogP contribution < -0.4 is 5.73 Å². The second-order valence-electron chi connectivity index (χ2n) is 5.44. The van der Waals surface area contributed by atoms with E-state index in [9.17, 15) is 8.42 Å². The van der Waals surface area contributed by atoms with Gasteiger partial charge in [-0.1, -0.05) is 13.8 Å². The number of nitrogens with zero attached hydrogens (tertiary/aromatic N) is 3. The van der Waals surface area contributed by atoms with Crippen LogP contribution >= 0.6 is 0 Å². The van der Waals surface area contributed by atoms with Gasteiger partial charge in [0, 0.05) is 18.4 Å². The number of nitrogens with two attached hydrogens (primary N) is 1. The minimum atomic E-state index is -3.19. The van der Waals surface area contributed by atoms with Gasteiger partial charge in [0.1, 0.15) is 5.82 Å². The Labute approximate surface area is 124 Å². The number of hydrogen-bond donors (Lipinski definition) is 1. The molecule has 0 atom stereocenters. The highest BCUT2D eigenvalue weighted by Gasteiger charge is 2.15. The zero-order chi connectivity index (χ0) is 15.6. The predicted molar refractivity (Wildman–Crippen MR) is 81.3 cm³/mol. The number of benzene rings is 1. The molecule has 2 aromatic rings. The summed E-state index contributed by atoms with van der Waals surface area (Å²) < 4.78 is 25.0. The second-order valence-corrected chi connectivity index (χ2v) is 7.46. The Bertz CT molecular complexity index is 718. The maximum absolute atomic E-state index is 11.5. The van der Waals surface area contributed by atoms with Crippen LogP contribution in [0.15, 0.2) is 29.2 Å². The van der Waals surface area contributed by atoms with Gasteiger partial charge in [0.05, 0.1) is 11.4 Å². The normalized spacial score (nSPS) is 12.0. The zero-order valence-corrected chi connectivity index (χ0v) is 13.3. The van der Waals surface area contributed by atoms with E-state index in [2.05, 4.69) is 24.0 Å². The molecule has 1 aromatic heterocycles. The van der Waals surface area contributed by atoms with Crippen molar-refractivity contribution in [1.82, 2.24) is 14.8 Å². The van der Waals surface area contributed by atoms with Crippen LogP contribution in [0.1, 0.15) is 19.7 Å². The molecule has 1 heterocycles. The zero-order valence-electron chi connectivity index (χ0n) is 12.4. The quantitative estimate of drug-likeness (QED) is 0.903. The molecule has 0 aliphatic carbocycles. The molecule has 0 radical (unpaired) electrons. The first-order valence-electron chi connectivity index (χ1n) is 6.75. The molecule has 0 bridgehead atoms. The van der Waals surface area contributed by atoms with Crippen LogP contribution in [-0.2, 0) is 22.9 Å². The van der Waals surface area contributed by atoms with E-state index < -0.39 is 9.84 Å². The average molecular weight is 308 g/mol. The molecule has 0 saturated heterocycles. The highest BCUT2D eigenvalue weighted by molar-refractivity contribution is 7.90. The molecule has 0 amide bonds. The van der Waals surface area contributed by atoms with Gasteiger partial charge in [0.25, 0.3) is 0 Å². The molecule has 6 nitrogen and oxygen atoms in total. The van der Waals surface area contributed by atoms with Crippen LogP contribution in [-0.4, -0.2) is 29.4 Å². The van der Waals surface area contributed by atoms with Gasteiger partial charge < -0.3 is 10.3 Å². The maximum atomic E-state index is 11.5. The minimum Gasteiger partial charge on any atom is -0.324 e. The van der Waals surface area contributed by atoms with Crippen LogP contribution in [0.4, 0.5) is 0 Å². The first-order valence-corrected chi connectivity index (χ1v) is 8.64. The van der Waals surface area contributed by atoms with Crippen LogP contribution in [0.2, 0.25) is 0 Å². The molecule has 21 heavy (non-hydrogen) atoms. The monoisotopic (exact) mass is 308 g/mol. The fraction of sp³-hybridized carbons (Fsp3) is 0.429. The average Bonchev–Trinajstić information content (AvgIpc) is 2.80. The Morgan fingerprint density at radius 2 is 1.81 bits per heavy atom. The van der Waals surface area contributed by atoms with E-state index in [-0.39, 0.29) is 0 Å². The molecular weight excluding hydrogens is 288 g/mol. The molecule has 0 fully saturated rings. The molecule has 2 N–H and O–H groups in total. The summed E-state index contributed by atoms with van der Waals surface area (Å²) in [5.41, 5.74) is 6.53. The van der Waals surface area contributed by atoms with E-state index in [1.807, 2.05) is 4.57 Å². The number of rotatable bonds is 5. The van der Waals surface area contributed by atoms with E-state index >= 15 is 0 Å². The Morgan fingerprint density at radius 3 is 2.29 bits per heavy atom. The number of sulfone groups is 1. The Morgan fingerprint density at radius 1 is 1.19 bits per heavy atom.